The molecule has 1 heterocycles. The summed E-state index contributed by atoms with van der Waals surface area (Å²) in [5.41, 5.74) is -0.177. The minimum atomic E-state index is -4.06. The van der Waals surface area contributed by atoms with E-state index in [4.69, 9.17) is 8.92 Å². The highest BCUT2D eigenvalue weighted by Gasteiger charge is 2.50. The number of hydrogen-bond acceptors (Lipinski definition) is 5. The van der Waals surface area contributed by atoms with Crippen molar-refractivity contribution in [3.05, 3.63) is 12.2 Å². The van der Waals surface area contributed by atoms with Crippen molar-refractivity contribution in [1.82, 2.24) is 4.31 Å². The maximum atomic E-state index is 12.5. The van der Waals surface area contributed by atoms with Crippen LogP contribution in [0.25, 0.3) is 0 Å². The van der Waals surface area contributed by atoms with E-state index in [2.05, 4.69) is 6.58 Å². The van der Waals surface area contributed by atoms with E-state index in [0.717, 1.165) is 4.31 Å². The van der Waals surface area contributed by atoms with Crippen LogP contribution in [0.4, 0.5) is 0 Å². The molecule has 0 aromatic heterocycles. The quantitative estimate of drug-likeness (QED) is 0.569. The van der Waals surface area contributed by atoms with Gasteiger partial charge in [-0.05, 0) is 33.6 Å². The molecule has 0 aliphatic carbocycles. The van der Waals surface area contributed by atoms with Crippen LogP contribution < -0.4 is 0 Å². The molecule has 0 spiro atoms. The summed E-state index contributed by atoms with van der Waals surface area (Å²) >= 11 is 0. The average molecular weight is 333 g/mol. The van der Waals surface area contributed by atoms with Gasteiger partial charge in [0, 0.05) is 12.5 Å². The Morgan fingerprint density at radius 3 is 2.36 bits per heavy atom. The third-order valence-electron chi connectivity index (χ3n) is 3.37. The van der Waals surface area contributed by atoms with Gasteiger partial charge in [-0.3, -0.25) is 8.98 Å². The second-order valence-corrected chi connectivity index (χ2v) is 8.31. The first-order chi connectivity index (χ1) is 9.90. The van der Waals surface area contributed by atoms with E-state index in [-0.39, 0.29) is 25.0 Å². The van der Waals surface area contributed by atoms with Gasteiger partial charge in [0.15, 0.2) is 0 Å². The fourth-order valence-electron chi connectivity index (χ4n) is 2.72. The van der Waals surface area contributed by atoms with Gasteiger partial charge in [0.05, 0.1) is 12.2 Å². The van der Waals surface area contributed by atoms with Crippen molar-refractivity contribution < 1.29 is 22.1 Å². The van der Waals surface area contributed by atoms with Crippen LogP contribution in [0.3, 0.4) is 0 Å². The Hall–Kier alpha value is -0.920. The number of ether oxygens (including phenoxy) is 1. The lowest BCUT2D eigenvalue weighted by Gasteiger charge is -2.29. The molecule has 0 bridgehead atoms. The summed E-state index contributed by atoms with van der Waals surface area (Å²) in [5.74, 6) is -0.768. The Bertz CT molecular complexity index is 533. The van der Waals surface area contributed by atoms with Gasteiger partial charge >= 0.3 is 16.3 Å². The molecule has 0 aromatic carbocycles. The molecular formula is C15H27NO5S. The molecule has 1 fully saturated rings. The first kappa shape index (κ1) is 19.1. The topological polar surface area (TPSA) is 72.9 Å². The Balaban J connectivity index is 3.21. The lowest BCUT2D eigenvalue weighted by molar-refractivity contribution is -0.148. The van der Waals surface area contributed by atoms with Crippen LogP contribution in [0.5, 0.6) is 0 Å². The smallest absolute Gasteiger partial charge is 0.340 e. The minimum absolute atomic E-state index is 0.0664. The number of esters is 1. The van der Waals surface area contributed by atoms with Crippen molar-refractivity contribution in [2.45, 2.75) is 53.2 Å². The Morgan fingerprint density at radius 1 is 1.41 bits per heavy atom. The first-order valence-corrected chi connectivity index (χ1v) is 8.84. The number of nitrogens with zero attached hydrogens (tertiary/aromatic N) is 1. The van der Waals surface area contributed by atoms with E-state index in [1.807, 2.05) is 13.8 Å². The molecule has 0 radical (unpaired) electrons. The van der Waals surface area contributed by atoms with Gasteiger partial charge in [-0.2, -0.15) is 12.7 Å². The summed E-state index contributed by atoms with van der Waals surface area (Å²) in [7, 11) is -4.06. The first-order valence-electron chi connectivity index (χ1n) is 7.47. The van der Waals surface area contributed by atoms with Crippen LogP contribution in [0.2, 0.25) is 0 Å². The third-order valence-corrected chi connectivity index (χ3v) is 5.01. The van der Waals surface area contributed by atoms with Crippen molar-refractivity contribution in [2.75, 3.05) is 13.2 Å². The van der Waals surface area contributed by atoms with Gasteiger partial charge in [-0.1, -0.05) is 26.0 Å². The fraction of sp³-hybridized carbons (Fsp3) is 0.800. The van der Waals surface area contributed by atoms with E-state index in [0.29, 0.717) is 5.57 Å². The molecule has 1 rings (SSSR count). The summed E-state index contributed by atoms with van der Waals surface area (Å²) in [5, 5.41) is 0. The second kappa shape index (κ2) is 6.68. The molecule has 0 unspecified atom stereocenters. The van der Waals surface area contributed by atoms with Crippen LogP contribution in [0, 0.1) is 11.8 Å². The van der Waals surface area contributed by atoms with Gasteiger partial charge in [0.2, 0.25) is 0 Å². The summed E-state index contributed by atoms with van der Waals surface area (Å²) in [6.07, 6.45) is 0. The molecule has 0 amide bonds. The van der Waals surface area contributed by atoms with Crippen LogP contribution in [-0.2, 0) is 24.0 Å². The van der Waals surface area contributed by atoms with Crippen LogP contribution in [-0.4, -0.2) is 43.5 Å². The molecule has 6 nitrogen and oxygen atoms in total. The van der Waals surface area contributed by atoms with Crippen LogP contribution in [0.15, 0.2) is 12.2 Å². The monoisotopic (exact) mass is 333 g/mol. The maximum absolute atomic E-state index is 12.5. The van der Waals surface area contributed by atoms with E-state index in [1.165, 1.54) is 0 Å². The van der Waals surface area contributed by atoms with Gasteiger partial charge < -0.3 is 4.74 Å². The van der Waals surface area contributed by atoms with Crippen molar-refractivity contribution in [1.29, 1.82) is 0 Å². The summed E-state index contributed by atoms with van der Waals surface area (Å²) in [6, 6.07) is -0.917. The molecule has 22 heavy (non-hydrogen) atoms. The highest BCUT2D eigenvalue weighted by molar-refractivity contribution is 7.84. The predicted molar refractivity (Wildman–Crippen MR) is 84.4 cm³/mol. The lowest BCUT2D eigenvalue weighted by Crippen LogP contribution is -2.47. The zero-order chi connectivity index (χ0) is 17.3. The number of rotatable bonds is 5. The van der Waals surface area contributed by atoms with Gasteiger partial charge in [-0.25, -0.2) is 0 Å². The Labute approximate surface area is 133 Å². The highest BCUT2D eigenvalue weighted by atomic mass is 32.2. The normalized spacial score (nSPS) is 24.0. The number of carbonyl (C=O) groups excluding carboxylic acids is 1. The van der Waals surface area contributed by atoms with Crippen LogP contribution >= 0.6 is 0 Å². The lowest BCUT2D eigenvalue weighted by atomic mass is 9.86. The SMILES string of the molecule is C=C1CN(S(=O)(=O)OC(C)(C)C)[C@H](C(=O)OCC)[C@@H]1C(C)C. The molecule has 128 valence electrons. The molecule has 0 saturated carbocycles. The zero-order valence-corrected chi connectivity index (χ0v) is 15.1. The van der Waals surface area contributed by atoms with Gasteiger partial charge in [-0.15, -0.1) is 0 Å². The van der Waals surface area contributed by atoms with Gasteiger partial charge in [0.1, 0.15) is 6.04 Å². The molecule has 0 aromatic rings. The van der Waals surface area contributed by atoms with E-state index < -0.39 is 27.9 Å². The summed E-state index contributed by atoms with van der Waals surface area (Å²) in [4.78, 5) is 12.3. The largest absolute Gasteiger partial charge is 0.465 e. The van der Waals surface area contributed by atoms with E-state index >= 15 is 0 Å². The Morgan fingerprint density at radius 2 is 1.95 bits per heavy atom. The standard InChI is InChI=1S/C15H27NO5S/c1-8-20-14(17)13-12(10(2)3)11(4)9-16(13)22(18,19)21-15(5,6)7/h10,12-13H,4,8-9H2,1-3,5-7H3/t12-,13+/m1/s1. The zero-order valence-electron chi connectivity index (χ0n) is 14.3. The molecule has 1 saturated heterocycles. The Kier molecular flexibility index (Phi) is 5.81. The molecule has 2 atom stereocenters. The average Bonchev–Trinajstić information content (AvgIpc) is 2.64. The predicted octanol–water partition coefficient (Wildman–Crippen LogP) is 2.12. The molecule has 7 heteroatoms. The highest BCUT2D eigenvalue weighted by Crippen LogP contribution is 2.37. The van der Waals surface area contributed by atoms with Crippen molar-refractivity contribution in [3.63, 3.8) is 0 Å². The molecular weight excluding hydrogens is 306 g/mol. The second-order valence-electron chi connectivity index (χ2n) is 6.82. The number of hydrogen-bond donors (Lipinski definition) is 0. The van der Waals surface area contributed by atoms with E-state index in [1.54, 1.807) is 27.7 Å². The number of carbonyl (C=O) groups is 1. The molecule has 0 N–H and O–H groups in total. The maximum Gasteiger partial charge on any atom is 0.340 e. The van der Waals surface area contributed by atoms with Crippen molar-refractivity contribution in [2.24, 2.45) is 11.8 Å². The summed E-state index contributed by atoms with van der Waals surface area (Å²) in [6.45, 7) is 14.7. The molecule has 1 aliphatic heterocycles. The van der Waals surface area contributed by atoms with E-state index in [9.17, 15) is 13.2 Å². The third kappa shape index (κ3) is 4.30. The fourth-order valence-corrected chi connectivity index (χ4v) is 4.26. The van der Waals surface area contributed by atoms with Crippen LogP contribution in [0.1, 0.15) is 41.5 Å². The van der Waals surface area contributed by atoms with Gasteiger partial charge in [0.25, 0.3) is 0 Å². The summed E-state index contributed by atoms with van der Waals surface area (Å²) < 4.78 is 36.4. The van der Waals surface area contributed by atoms with Crippen molar-refractivity contribution in [3.8, 4) is 0 Å². The van der Waals surface area contributed by atoms with Crippen molar-refractivity contribution >= 4 is 16.3 Å². The molecule has 1 aliphatic rings. The minimum Gasteiger partial charge on any atom is -0.465 e.